The Kier molecular flexibility index (Phi) is 3.45. The minimum absolute atomic E-state index is 0.0440. The second-order valence-electron chi connectivity index (χ2n) is 8.15. The van der Waals surface area contributed by atoms with Crippen LogP contribution in [-0.2, 0) is 6.54 Å². The van der Waals surface area contributed by atoms with Gasteiger partial charge in [-0.1, -0.05) is 45.0 Å². The molecule has 126 valence electrons. The molecule has 0 aromatic heterocycles. The van der Waals surface area contributed by atoms with Crippen molar-refractivity contribution in [1.29, 1.82) is 0 Å². The minimum atomic E-state index is -0.747. The molecule has 1 saturated carbocycles. The van der Waals surface area contributed by atoms with E-state index in [1.54, 1.807) is 6.07 Å². The molecule has 1 aliphatic heterocycles. The molecule has 1 nitrogen and oxygen atoms in total. The van der Waals surface area contributed by atoms with E-state index in [-0.39, 0.29) is 11.3 Å². The standard InChI is InChI=1S/C21H23F2N/c1-21(2,3)19-14-10-11-17(22)20(23)16(14)12-24(13-8-9-13)18-7-5-4-6-15(18)19/h4-7,10-11,13,19H,8-9,12H2,1-3H3. The van der Waals surface area contributed by atoms with Gasteiger partial charge in [-0.2, -0.15) is 0 Å². The molecule has 4 rings (SSSR count). The first-order valence-corrected chi connectivity index (χ1v) is 8.70. The molecule has 2 aromatic carbocycles. The highest BCUT2D eigenvalue weighted by atomic mass is 19.2. The van der Waals surface area contributed by atoms with Crippen LogP contribution < -0.4 is 4.90 Å². The molecule has 0 amide bonds. The van der Waals surface area contributed by atoms with Crippen LogP contribution in [0.2, 0.25) is 0 Å². The predicted octanol–water partition coefficient (Wildman–Crippen LogP) is 5.63. The quantitative estimate of drug-likeness (QED) is 0.656. The van der Waals surface area contributed by atoms with E-state index in [0.29, 0.717) is 18.2 Å². The Morgan fingerprint density at radius 2 is 1.67 bits per heavy atom. The number of anilines is 1. The highest BCUT2D eigenvalue weighted by Crippen LogP contribution is 2.50. The number of para-hydroxylation sites is 1. The monoisotopic (exact) mass is 327 g/mol. The molecule has 1 atom stereocenters. The van der Waals surface area contributed by atoms with E-state index < -0.39 is 11.6 Å². The Morgan fingerprint density at radius 3 is 2.33 bits per heavy atom. The molecule has 24 heavy (non-hydrogen) atoms. The number of hydrogen-bond donors (Lipinski definition) is 0. The topological polar surface area (TPSA) is 3.24 Å². The van der Waals surface area contributed by atoms with Crippen LogP contribution in [0, 0.1) is 17.0 Å². The molecular formula is C21H23F2N. The van der Waals surface area contributed by atoms with Gasteiger partial charge in [-0.3, -0.25) is 0 Å². The maximum atomic E-state index is 14.7. The van der Waals surface area contributed by atoms with E-state index >= 15 is 0 Å². The van der Waals surface area contributed by atoms with Crippen molar-refractivity contribution in [2.45, 2.75) is 52.1 Å². The third-order valence-corrected chi connectivity index (χ3v) is 5.28. The van der Waals surface area contributed by atoms with Crippen LogP contribution in [0.15, 0.2) is 36.4 Å². The fraction of sp³-hybridized carbons (Fsp3) is 0.429. The van der Waals surface area contributed by atoms with Gasteiger partial charge >= 0.3 is 0 Å². The van der Waals surface area contributed by atoms with Crippen molar-refractivity contribution >= 4 is 5.69 Å². The predicted molar refractivity (Wildman–Crippen MR) is 93.3 cm³/mol. The normalized spacial score (nSPS) is 20.4. The Labute approximate surface area is 142 Å². The number of nitrogens with zero attached hydrogens (tertiary/aromatic N) is 1. The lowest BCUT2D eigenvalue weighted by Gasteiger charge is -2.33. The van der Waals surface area contributed by atoms with Gasteiger partial charge in [0.05, 0.1) is 0 Å². The second kappa shape index (κ2) is 5.30. The summed E-state index contributed by atoms with van der Waals surface area (Å²) in [5.74, 6) is -1.38. The molecule has 2 aromatic rings. The largest absolute Gasteiger partial charge is 0.364 e. The second-order valence-corrected chi connectivity index (χ2v) is 8.15. The van der Waals surface area contributed by atoms with Crippen LogP contribution in [0.5, 0.6) is 0 Å². The van der Waals surface area contributed by atoms with Gasteiger partial charge in [0.25, 0.3) is 0 Å². The van der Waals surface area contributed by atoms with Crippen LogP contribution in [0.3, 0.4) is 0 Å². The first-order chi connectivity index (χ1) is 11.4. The zero-order valence-corrected chi connectivity index (χ0v) is 14.4. The molecular weight excluding hydrogens is 304 g/mol. The Hall–Kier alpha value is -1.90. The Bertz CT molecular complexity index is 787. The van der Waals surface area contributed by atoms with Gasteiger partial charge in [0.2, 0.25) is 0 Å². The van der Waals surface area contributed by atoms with E-state index in [2.05, 4.69) is 37.8 Å². The van der Waals surface area contributed by atoms with Crippen molar-refractivity contribution in [2.24, 2.45) is 5.41 Å². The number of halogens is 2. The van der Waals surface area contributed by atoms with Gasteiger partial charge in [-0.05, 0) is 41.5 Å². The maximum Gasteiger partial charge on any atom is 0.164 e. The summed E-state index contributed by atoms with van der Waals surface area (Å²) < 4.78 is 28.6. The highest BCUT2D eigenvalue weighted by molar-refractivity contribution is 5.63. The molecule has 2 aliphatic rings. The lowest BCUT2D eigenvalue weighted by atomic mass is 9.71. The van der Waals surface area contributed by atoms with Crippen LogP contribution in [0.4, 0.5) is 14.5 Å². The molecule has 0 saturated heterocycles. The summed E-state index contributed by atoms with van der Waals surface area (Å²) >= 11 is 0. The zero-order valence-electron chi connectivity index (χ0n) is 14.4. The van der Waals surface area contributed by atoms with Crippen LogP contribution in [-0.4, -0.2) is 6.04 Å². The number of hydrogen-bond acceptors (Lipinski definition) is 1. The van der Waals surface area contributed by atoms with Crippen molar-refractivity contribution in [2.75, 3.05) is 4.90 Å². The van der Waals surface area contributed by atoms with Gasteiger partial charge in [0.1, 0.15) is 0 Å². The van der Waals surface area contributed by atoms with Crippen LogP contribution >= 0.6 is 0 Å². The fourth-order valence-corrected chi connectivity index (χ4v) is 4.10. The van der Waals surface area contributed by atoms with E-state index in [4.69, 9.17) is 0 Å². The number of fused-ring (bicyclic) bond motifs is 2. The molecule has 1 fully saturated rings. The summed E-state index contributed by atoms with van der Waals surface area (Å²) in [4.78, 5) is 2.28. The summed E-state index contributed by atoms with van der Waals surface area (Å²) in [6, 6.07) is 11.9. The summed E-state index contributed by atoms with van der Waals surface area (Å²) in [5, 5.41) is 0. The van der Waals surface area contributed by atoms with E-state index in [1.807, 2.05) is 12.1 Å². The van der Waals surface area contributed by atoms with E-state index in [0.717, 1.165) is 18.4 Å². The average Bonchev–Trinajstić information content (AvgIpc) is 3.34. The number of rotatable bonds is 1. The average molecular weight is 327 g/mol. The smallest absolute Gasteiger partial charge is 0.164 e. The molecule has 0 radical (unpaired) electrons. The van der Waals surface area contributed by atoms with Gasteiger partial charge in [-0.25, -0.2) is 8.78 Å². The molecule has 3 heteroatoms. The van der Waals surface area contributed by atoms with Gasteiger partial charge < -0.3 is 4.90 Å². The third kappa shape index (κ3) is 2.42. The lowest BCUT2D eigenvalue weighted by molar-refractivity contribution is 0.357. The fourth-order valence-electron chi connectivity index (χ4n) is 4.10. The molecule has 1 aliphatic carbocycles. The minimum Gasteiger partial charge on any atom is -0.364 e. The van der Waals surface area contributed by atoms with E-state index in [1.165, 1.54) is 17.3 Å². The van der Waals surface area contributed by atoms with Crippen LogP contribution in [0.1, 0.15) is 56.2 Å². The van der Waals surface area contributed by atoms with Crippen molar-refractivity contribution < 1.29 is 8.78 Å². The summed E-state index contributed by atoms with van der Waals surface area (Å²) in [6.07, 6.45) is 2.25. The van der Waals surface area contributed by atoms with Crippen molar-refractivity contribution in [3.63, 3.8) is 0 Å². The first kappa shape index (κ1) is 15.6. The van der Waals surface area contributed by atoms with Crippen molar-refractivity contribution in [1.82, 2.24) is 0 Å². The van der Waals surface area contributed by atoms with Gasteiger partial charge in [0.15, 0.2) is 11.6 Å². The third-order valence-electron chi connectivity index (χ3n) is 5.28. The summed E-state index contributed by atoms with van der Waals surface area (Å²) in [5.41, 5.74) is 3.77. The van der Waals surface area contributed by atoms with E-state index in [9.17, 15) is 8.78 Å². The molecule has 1 unspecified atom stereocenters. The number of benzene rings is 2. The molecule has 1 heterocycles. The molecule has 0 bridgehead atoms. The maximum absolute atomic E-state index is 14.7. The first-order valence-electron chi connectivity index (χ1n) is 8.70. The highest BCUT2D eigenvalue weighted by Gasteiger charge is 2.40. The molecule has 0 N–H and O–H groups in total. The van der Waals surface area contributed by atoms with Crippen molar-refractivity contribution in [3.05, 3.63) is 64.7 Å². The lowest BCUT2D eigenvalue weighted by Crippen LogP contribution is -2.25. The molecule has 0 spiro atoms. The zero-order chi connectivity index (χ0) is 17.1. The Morgan fingerprint density at radius 1 is 0.958 bits per heavy atom. The summed E-state index contributed by atoms with van der Waals surface area (Å²) in [7, 11) is 0. The van der Waals surface area contributed by atoms with Gasteiger partial charge in [0, 0.05) is 29.8 Å². The van der Waals surface area contributed by atoms with Crippen LogP contribution in [0.25, 0.3) is 0 Å². The van der Waals surface area contributed by atoms with Gasteiger partial charge in [-0.15, -0.1) is 0 Å². The SMILES string of the molecule is CC(C)(C)C1c2ccccc2N(C2CC2)Cc2c1ccc(F)c2F. The van der Waals surface area contributed by atoms with Crippen molar-refractivity contribution in [3.8, 4) is 0 Å². The summed E-state index contributed by atoms with van der Waals surface area (Å²) in [6.45, 7) is 6.97. The Balaban J connectivity index is 2.01.